The molecular weight excluding hydrogens is 210 g/mol. The summed E-state index contributed by atoms with van der Waals surface area (Å²) >= 11 is 4.03. The van der Waals surface area contributed by atoms with Crippen LogP contribution < -0.4 is 4.90 Å². The highest BCUT2D eigenvalue weighted by Gasteiger charge is 2.24. The molecule has 1 nitrogen and oxygen atoms in total. The summed E-state index contributed by atoms with van der Waals surface area (Å²) in [5.41, 5.74) is 2.92. The summed E-state index contributed by atoms with van der Waals surface area (Å²) in [4.78, 5) is 5.55. The van der Waals surface area contributed by atoms with Crippen LogP contribution in [-0.4, -0.2) is 24.6 Å². The van der Waals surface area contributed by atoms with Gasteiger partial charge in [-0.2, -0.15) is 0 Å². The molecular formula is C11H13NS2. The number of anilines is 1. The maximum Gasteiger partial charge on any atom is 0.0643 e. The molecule has 0 bridgehead atoms. The number of aryl methyl sites for hydroxylation is 1. The first-order chi connectivity index (χ1) is 6.84. The van der Waals surface area contributed by atoms with Crippen LogP contribution in [0.1, 0.15) is 5.56 Å². The van der Waals surface area contributed by atoms with Gasteiger partial charge in [0.05, 0.1) is 5.69 Å². The van der Waals surface area contributed by atoms with Crippen LogP contribution in [0, 0.1) is 6.92 Å². The fourth-order valence-electron chi connectivity index (χ4n) is 2.11. The van der Waals surface area contributed by atoms with Gasteiger partial charge in [0.15, 0.2) is 0 Å². The molecule has 1 aromatic carbocycles. The number of nitrogens with zero attached hydrogens (tertiary/aromatic N) is 1. The van der Waals surface area contributed by atoms with Crippen molar-refractivity contribution < 1.29 is 0 Å². The molecule has 2 aliphatic rings. The minimum absolute atomic E-state index is 1.23. The molecule has 0 aromatic heterocycles. The van der Waals surface area contributed by atoms with Crippen molar-refractivity contribution >= 4 is 29.2 Å². The molecule has 2 heterocycles. The lowest BCUT2D eigenvalue weighted by Crippen LogP contribution is -2.34. The third-order valence-corrected chi connectivity index (χ3v) is 4.76. The molecule has 0 saturated carbocycles. The Kier molecular flexibility index (Phi) is 2.17. The SMILES string of the molecule is Cc1cc2c3c(c1)SCCN3CCS2. The first kappa shape index (κ1) is 8.98. The lowest BCUT2D eigenvalue weighted by atomic mass is 10.2. The zero-order valence-electron chi connectivity index (χ0n) is 8.25. The minimum atomic E-state index is 1.23. The van der Waals surface area contributed by atoms with Gasteiger partial charge in [0.1, 0.15) is 0 Å². The second-order valence-electron chi connectivity index (χ2n) is 3.79. The lowest BCUT2D eigenvalue weighted by molar-refractivity contribution is 0.829. The Balaban J connectivity index is 2.20. The third kappa shape index (κ3) is 1.34. The average Bonchev–Trinajstić information content (AvgIpc) is 2.18. The molecule has 0 N–H and O–H groups in total. The fourth-order valence-corrected chi connectivity index (χ4v) is 4.53. The average molecular weight is 223 g/mol. The highest BCUT2D eigenvalue weighted by molar-refractivity contribution is 8.00. The Morgan fingerprint density at radius 2 is 1.64 bits per heavy atom. The normalized spacial score (nSPS) is 19.4. The predicted molar refractivity (Wildman–Crippen MR) is 64.8 cm³/mol. The van der Waals surface area contributed by atoms with Crippen molar-refractivity contribution in [3.8, 4) is 0 Å². The van der Waals surface area contributed by atoms with Gasteiger partial charge in [-0.3, -0.25) is 0 Å². The fraction of sp³-hybridized carbons (Fsp3) is 0.455. The Hall–Kier alpha value is -0.280. The lowest BCUT2D eigenvalue weighted by Gasteiger charge is -2.36. The summed E-state index contributed by atoms with van der Waals surface area (Å²) in [5.74, 6) is 2.50. The molecule has 0 atom stereocenters. The zero-order chi connectivity index (χ0) is 9.54. The van der Waals surface area contributed by atoms with Crippen molar-refractivity contribution in [1.82, 2.24) is 0 Å². The molecule has 0 amide bonds. The van der Waals surface area contributed by atoms with E-state index >= 15 is 0 Å². The van der Waals surface area contributed by atoms with Crippen LogP contribution in [0.15, 0.2) is 21.9 Å². The maximum absolute atomic E-state index is 2.55. The van der Waals surface area contributed by atoms with E-state index in [4.69, 9.17) is 0 Å². The molecule has 0 spiro atoms. The summed E-state index contributed by atoms with van der Waals surface area (Å²) in [5, 5.41) is 0. The zero-order valence-corrected chi connectivity index (χ0v) is 9.88. The standard InChI is InChI=1S/C11H13NS2/c1-8-6-9-11-10(7-8)14-5-3-12(11)2-4-13-9/h6-7H,2-5H2,1H3. The number of thioether (sulfide) groups is 2. The molecule has 0 fully saturated rings. The third-order valence-electron chi connectivity index (χ3n) is 2.74. The maximum atomic E-state index is 2.55. The quantitative estimate of drug-likeness (QED) is 0.665. The van der Waals surface area contributed by atoms with Crippen molar-refractivity contribution in [2.45, 2.75) is 16.7 Å². The topological polar surface area (TPSA) is 3.24 Å². The van der Waals surface area contributed by atoms with Crippen molar-refractivity contribution in [3.63, 3.8) is 0 Å². The molecule has 0 saturated heterocycles. The van der Waals surface area contributed by atoms with E-state index in [9.17, 15) is 0 Å². The van der Waals surface area contributed by atoms with Crippen LogP contribution in [0.2, 0.25) is 0 Å². The Labute approximate surface area is 93.3 Å². The van der Waals surface area contributed by atoms with Crippen LogP contribution >= 0.6 is 23.5 Å². The van der Waals surface area contributed by atoms with Gasteiger partial charge in [0.2, 0.25) is 0 Å². The van der Waals surface area contributed by atoms with Gasteiger partial charge in [-0.05, 0) is 24.6 Å². The molecule has 0 aliphatic carbocycles. The molecule has 74 valence electrons. The monoisotopic (exact) mass is 223 g/mol. The van der Waals surface area contributed by atoms with E-state index in [2.05, 4.69) is 24.0 Å². The van der Waals surface area contributed by atoms with Crippen molar-refractivity contribution in [3.05, 3.63) is 17.7 Å². The van der Waals surface area contributed by atoms with Gasteiger partial charge < -0.3 is 4.90 Å². The van der Waals surface area contributed by atoms with Gasteiger partial charge in [-0.25, -0.2) is 0 Å². The molecule has 3 heteroatoms. The van der Waals surface area contributed by atoms with E-state index < -0.39 is 0 Å². The molecule has 1 aromatic rings. The first-order valence-corrected chi connectivity index (χ1v) is 6.97. The summed E-state index contributed by atoms with van der Waals surface area (Å²) < 4.78 is 0. The summed E-state index contributed by atoms with van der Waals surface area (Å²) in [6, 6.07) is 4.67. The molecule has 2 aliphatic heterocycles. The van der Waals surface area contributed by atoms with Crippen molar-refractivity contribution in [2.24, 2.45) is 0 Å². The highest BCUT2D eigenvalue weighted by Crippen LogP contribution is 2.44. The first-order valence-electron chi connectivity index (χ1n) is 5.00. The molecule has 0 unspecified atom stereocenters. The van der Waals surface area contributed by atoms with Gasteiger partial charge in [-0.1, -0.05) is 0 Å². The van der Waals surface area contributed by atoms with E-state index in [0.29, 0.717) is 0 Å². The van der Waals surface area contributed by atoms with Crippen LogP contribution in [0.5, 0.6) is 0 Å². The summed E-state index contributed by atoms with van der Waals surface area (Å²) in [6.07, 6.45) is 0. The second-order valence-corrected chi connectivity index (χ2v) is 6.07. The minimum Gasteiger partial charge on any atom is -0.368 e. The number of hydrogen-bond acceptors (Lipinski definition) is 3. The van der Waals surface area contributed by atoms with E-state index in [1.807, 2.05) is 23.5 Å². The van der Waals surface area contributed by atoms with Gasteiger partial charge in [0, 0.05) is 34.4 Å². The van der Waals surface area contributed by atoms with Crippen LogP contribution in [0.25, 0.3) is 0 Å². The number of hydrogen-bond donors (Lipinski definition) is 0. The second kappa shape index (κ2) is 3.38. The summed E-state index contributed by atoms with van der Waals surface area (Å²) in [6.45, 7) is 4.66. The van der Waals surface area contributed by atoms with E-state index in [1.54, 1.807) is 0 Å². The molecule has 3 rings (SSSR count). The molecule has 14 heavy (non-hydrogen) atoms. The van der Waals surface area contributed by atoms with Crippen LogP contribution in [0.4, 0.5) is 5.69 Å². The van der Waals surface area contributed by atoms with Gasteiger partial charge in [0.25, 0.3) is 0 Å². The van der Waals surface area contributed by atoms with Crippen molar-refractivity contribution in [2.75, 3.05) is 29.5 Å². The van der Waals surface area contributed by atoms with Crippen LogP contribution in [0.3, 0.4) is 0 Å². The van der Waals surface area contributed by atoms with Gasteiger partial charge >= 0.3 is 0 Å². The Morgan fingerprint density at radius 3 is 2.21 bits per heavy atom. The Bertz CT molecular complexity index is 345. The number of benzene rings is 1. The largest absolute Gasteiger partial charge is 0.368 e. The van der Waals surface area contributed by atoms with Crippen LogP contribution in [-0.2, 0) is 0 Å². The van der Waals surface area contributed by atoms with E-state index in [1.165, 1.54) is 45.6 Å². The summed E-state index contributed by atoms with van der Waals surface area (Å²) in [7, 11) is 0. The highest BCUT2D eigenvalue weighted by atomic mass is 32.2. The Morgan fingerprint density at radius 1 is 1.07 bits per heavy atom. The van der Waals surface area contributed by atoms with E-state index in [0.717, 1.165) is 0 Å². The van der Waals surface area contributed by atoms with E-state index in [-0.39, 0.29) is 0 Å². The van der Waals surface area contributed by atoms with Gasteiger partial charge in [-0.15, -0.1) is 23.5 Å². The number of rotatable bonds is 0. The predicted octanol–water partition coefficient (Wildman–Crippen LogP) is 3.01. The molecule has 0 radical (unpaired) electrons. The van der Waals surface area contributed by atoms with Crippen molar-refractivity contribution in [1.29, 1.82) is 0 Å². The smallest absolute Gasteiger partial charge is 0.0643 e.